The lowest BCUT2D eigenvalue weighted by molar-refractivity contribution is -0.140. The molecular weight excluding hydrogens is 237 g/mol. The van der Waals surface area contributed by atoms with Gasteiger partial charge < -0.3 is 0 Å². The standard InChI is InChI=1S/C12H14B2F3N/c1-5(2)7-8(13)10(6(3)4)18-11(9(7)14)12(15,16)17/h5-6H,1-4H3. The molecule has 0 aliphatic rings. The van der Waals surface area contributed by atoms with Crippen molar-refractivity contribution >= 4 is 26.6 Å². The van der Waals surface area contributed by atoms with E-state index in [1.165, 1.54) is 0 Å². The van der Waals surface area contributed by atoms with Gasteiger partial charge in [-0.2, -0.15) is 13.2 Å². The molecule has 94 valence electrons. The molecule has 4 radical (unpaired) electrons. The van der Waals surface area contributed by atoms with Crippen LogP contribution in [0.1, 0.15) is 56.5 Å². The number of pyridine rings is 1. The molecule has 1 aromatic heterocycles. The normalized spacial score (nSPS) is 12.5. The molecule has 0 fully saturated rings. The van der Waals surface area contributed by atoms with Crippen LogP contribution in [0.5, 0.6) is 0 Å². The van der Waals surface area contributed by atoms with Gasteiger partial charge in [-0.25, -0.2) is 4.98 Å². The van der Waals surface area contributed by atoms with Crippen LogP contribution < -0.4 is 10.9 Å². The van der Waals surface area contributed by atoms with Gasteiger partial charge in [0.05, 0.1) is 0 Å². The lowest BCUT2D eigenvalue weighted by Gasteiger charge is -2.23. The molecule has 6 heteroatoms. The maximum absolute atomic E-state index is 12.9. The Bertz CT molecular complexity index is 454. The van der Waals surface area contributed by atoms with E-state index in [4.69, 9.17) is 15.7 Å². The summed E-state index contributed by atoms with van der Waals surface area (Å²) in [7, 11) is 11.5. The molecule has 0 aliphatic heterocycles. The Kier molecular flexibility index (Phi) is 4.19. The van der Waals surface area contributed by atoms with Crippen molar-refractivity contribution in [3.05, 3.63) is 17.0 Å². The van der Waals surface area contributed by atoms with Crippen LogP contribution >= 0.6 is 0 Å². The van der Waals surface area contributed by atoms with Crippen molar-refractivity contribution in [1.29, 1.82) is 0 Å². The number of aromatic nitrogens is 1. The molecule has 18 heavy (non-hydrogen) atoms. The molecule has 1 heterocycles. The monoisotopic (exact) mass is 251 g/mol. The van der Waals surface area contributed by atoms with Crippen LogP contribution in [0, 0.1) is 0 Å². The first-order chi connectivity index (χ1) is 8.07. The highest BCUT2D eigenvalue weighted by atomic mass is 19.4. The number of nitrogens with zero attached hydrogens (tertiary/aromatic N) is 1. The van der Waals surface area contributed by atoms with Gasteiger partial charge in [-0.15, -0.1) is 0 Å². The lowest BCUT2D eigenvalue weighted by Crippen LogP contribution is -2.36. The maximum Gasteiger partial charge on any atom is 0.432 e. The average molecular weight is 251 g/mol. The second-order valence-electron chi connectivity index (χ2n) is 4.89. The lowest BCUT2D eigenvalue weighted by atomic mass is 9.74. The average Bonchev–Trinajstić information content (AvgIpc) is 2.13. The van der Waals surface area contributed by atoms with E-state index in [0.717, 1.165) is 0 Å². The summed E-state index contributed by atoms with van der Waals surface area (Å²) >= 11 is 0. The Morgan fingerprint density at radius 1 is 0.944 bits per heavy atom. The van der Waals surface area contributed by atoms with Crippen LogP contribution in [0.2, 0.25) is 0 Å². The van der Waals surface area contributed by atoms with Gasteiger partial charge in [0.1, 0.15) is 21.4 Å². The van der Waals surface area contributed by atoms with Gasteiger partial charge in [0, 0.05) is 5.69 Å². The zero-order valence-corrected chi connectivity index (χ0v) is 10.9. The number of halogens is 3. The smallest absolute Gasteiger partial charge is 0.249 e. The fourth-order valence-electron chi connectivity index (χ4n) is 1.93. The van der Waals surface area contributed by atoms with E-state index in [-0.39, 0.29) is 28.5 Å². The SMILES string of the molecule is [B]c1c(C(C)C)nc(C(F)(F)F)c([B])c1C(C)C. The van der Waals surface area contributed by atoms with Crippen molar-refractivity contribution in [1.82, 2.24) is 4.98 Å². The van der Waals surface area contributed by atoms with Crippen molar-refractivity contribution in [2.75, 3.05) is 0 Å². The van der Waals surface area contributed by atoms with Crippen molar-refractivity contribution < 1.29 is 13.2 Å². The van der Waals surface area contributed by atoms with E-state index < -0.39 is 11.9 Å². The molecule has 1 rings (SSSR count). The summed E-state index contributed by atoms with van der Waals surface area (Å²) in [6, 6.07) is 0. The predicted octanol–water partition coefficient (Wildman–Crippen LogP) is 1.93. The van der Waals surface area contributed by atoms with E-state index >= 15 is 0 Å². The summed E-state index contributed by atoms with van der Waals surface area (Å²) in [6.45, 7) is 7.01. The second kappa shape index (κ2) is 4.98. The third kappa shape index (κ3) is 2.73. The van der Waals surface area contributed by atoms with Gasteiger partial charge in [-0.05, 0) is 11.8 Å². The maximum atomic E-state index is 12.9. The zero-order valence-electron chi connectivity index (χ0n) is 10.9. The second-order valence-corrected chi connectivity index (χ2v) is 4.89. The Balaban J connectivity index is 3.67. The summed E-state index contributed by atoms with van der Waals surface area (Å²) in [5, 5.41) is 0. The summed E-state index contributed by atoms with van der Waals surface area (Å²) in [5.41, 5.74) is -0.546. The van der Waals surface area contributed by atoms with E-state index in [1.807, 2.05) is 0 Å². The van der Waals surface area contributed by atoms with Crippen molar-refractivity contribution in [3.8, 4) is 0 Å². The van der Waals surface area contributed by atoms with Gasteiger partial charge in [0.25, 0.3) is 0 Å². The molecule has 0 spiro atoms. The quantitative estimate of drug-likeness (QED) is 0.732. The zero-order chi connectivity index (χ0) is 14.2. The summed E-state index contributed by atoms with van der Waals surface area (Å²) < 4.78 is 38.7. The minimum absolute atomic E-state index is 0.188. The van der Waals surface area contributed by atoms with E-state index in [9.17, 15) is 13.2 Å². The highest BCUT2D eigenvalue weighted by molar-refractivity contribution is 6.40. The molecule has 1 aromatic rings. The topological polar surface area (TPSA) is 12.9 Å². The largest absolute Gasteiger partial charge is 0.432 e. The van der Waals surface area contributed by atoms with Crippen LogP contribution in [-0.2, 0) is 6.18 Å². The minimum atomic E-state index is -4.56. The van der Waals surface area contributed by atoms with Crippen LogP contribution in [0.15, 0.2) is 0 Å². The third-order valence-electron chi connectivity index (χ3n) is 2.74. The van der Waals surface area contributed by atoms with E-state index in [2.05, 4.69) is 4.98 Å². The molecule has 0 amide bonds. The van der Waals surface area contributed by atoms with Gasteiger partial charge in [0.15, 0.2) is 0 Å². The van der Waals surface area contributed by atoms with Gasteiger partial charge in [-0.3, -0.25) is 0 Å². The summed E-state index contributed by atoms with van der Waals surface area (Å²) in [6.07, 6.45) is -4.56. The molecular formula is C12H14B2F3N. The van der Waals surface area contributed by atoms with Crippen molar-refractivity contribution in [2.24, 2.45) is 0 Å². The van der Waals surface area contributed by atoms with Crippen molar-refractivity contribution in [2.45, 2.75) is 45.7 Å². The Labute approximate surface area is 108 Å². The molecule has 0 saturated carbocycles. The van der Waals surface area contributed by atoms with Gasteiger partial charge >= 0.3 is 6.18 Å². The number of rotatable bonds is 2. The molecule has 0 aromatic carbocycles. The first-order valence-corrected chi connectivity index (χ1v) is 5.73. The predicted molar refractivity (Wildman–Crippen MR) is 68.2 cm³/mol. The number of hydrogen-bond donors (Lipinski definition) is 0. The minimum Gasteiger partial charge on any atom is -0.249 e. The Morgan fingerprint density at radius 2 is 1.44 bits per heavy atom. The Morgan fingerprint density at radius 3 is 1.78 bits per heavy atom. The fourth-order valence-corrected chi connectivity index (χ4v) is 1.93. The summed E-state index contributed by atoms with van der Waals surface area (Å²) in [4.78, 5) is 3.61. The highest BCUT2D eigenvalue weighted by Gasteiger charge is 2.36. The molecule has 0 aliphatic carbocycles. The number of alkyl halides is 3. The van der Waals surface area contributed by atoms with Gasteiger partial charge in [0.2, 0.25) is 0 Å². The van der Waals surface area contributed by atoms with Gasteiger partial charge in [-0.1, -0.05) is 44.2 Å². The third-order valence-corrected chi connectivity index (χ3v) is 2.74. The molecule has 0 unspecified atom stereocenters. The van der Waals surface area contributed by atoms with E-state index in [1.54, 1.807) is 27.7 Å². The van der Waals surface area contributed by atoms with Crippen LogP contribution in [0.4, 0.5) is 13.2 Å². The highest BCUT2D eigenvalue weighted by Crippen LogP contribution is 2.28. The van der Waals surface area contributed by atoms with Crippen LogP contribution in [0.25, 0.3) is 0 Å². The molecule has 0 atom stereocenters. The van der Waals surface area contributed by atoms with Crippen LogP contribution in [0.3, 0.4) is 0 Å². The summed E-state index contributed by atoms with van der Waals surface area (Å²) in [5.74, 6) is -0.379. The molecule has 0 bridgehead atoms. The molecule has 0 N–H and O–H groups in total. The molecule has 0 saturated heterocycles. The van der Waals surface area contributed by atoms with Crippen molar-refractivity contribution in [3.63, 3.8) is 0 Å². The molecule has 1 nitrogen and oxygen atoms in total. The van der Waals surface area contributed by atoms with E-state index in [0.29, 0.717) is 5.56 Å². The Hall–Kier alpha value is -0.930. The van der Waals surface area contributed by atoms with Crippen LogP contribution in [-0.4, -0.2) is 20.7 Å². The first kappa shape index (κ1) is 15.1. The first-order valence-electron chi connectivity index (χ1n) is 5.73. The number of hydrogen-bond acceptors (Lipinski definition) is 1. The fraction of sp³-hybridized carbons (Fsp3) is 0.583.